The number of carbonyl (C=O) groups is 1. The molecule has 2 aromatic rings. The molecule has 0 saturated carbocycles. The highest BCUT2D eigenvalue weighted by Gasteiger charge is 2.16. The van der Waals surface area contributed by atoms with Crippen molar-refractivity contribution in [2.45, 2.75) is 20.3 Å². The zero-order valence-electron chi connectivity index (χ0n) is 10.9. The molecular weight excluding hydrogens is 248 g/mol. The average molecular weight is 262 g/mol. The number of rotatable bonds is 2. The Bertz CT molecular complexity index is 712. The van der Waals surface area contributed by atoms with E-state index >= 15 is 0 Å². The summed E-state index contributed by atoms with van der Waals surface area (Å²) in [7, 11) is 1.27. The van der Waals surface area contributed by atoms with Crippen LogP contribution in [0.1, 0.15) is 16.7 Å². The fraction of sp³-hybridized carbons (Fsp3) is 0.286. The van der Waals surface area contributed by atoms with Crippen LogP contribution in [0.3, 0.4) is 0 Å². The van der Waals surface area contributed by atoms with Crippen molar-refractivity contribution in [1.82, 2.24) is 0 Å². The molecule has 0 unspecified atom stereocenters. The van der Waals surface area contributed by atoms with Crippen LogP contribution in [-0.4, -0.2) is 18.2 Å². The van der Waals surface area contributed by atoms with Crippen molar-refractivity contribution >= 4 is 16.9 Å². The summed E-state index contributed by atoms with van der Waals surface area (Å²) >= 11 is 0. The summed E-state index contributed by atoms with van der Waals surface area (Å²) < 4.78 is 9.77. The molecule has 1 aromatic heterocycles. The van der Waals surface area contributed by atoms with Gasteiger partial charge in [0.15, 0.2) is 0 Å². The molecule has 1 N–H and O–H groups in total. The van der Waals surface area contributed by atoms with Crippen molar-refractivity contribution in [3.05, 3.63) is 39.2 Å². The van der Waals surface area contributed by atoms with E-state index in [1.807, 2.05) is 0 Å². The van der Waals surface area contributed by atoms with E-state index < -0.39 is 11.6 Å². The lowest BCUT2D eigenvalue weighted by molar-refractivity contribution is -0.139. The van der Waals surface area contributed by atoms with E-state index in [4.69, 9.17) is 4.42 Å². The lowest BCUT2D eigenvalue weighted by Crippen LogP contribution is -2.16. The summed E-state index contributed by atoms with van der Waals surface area (Å²) in [5.74, 6) is -0.430. The molecular formula is C14H14O5. The number of phenolic OH excluding ortho intramolecular Hbond substituents is 1. The zero-order chi connectivity index (χ0) is 14.2. The van der Waals surface area contributed by atoms with Crippen LogP contribution in [0.25, 0.3) is 11.0 Å². The first-order valence-electron chi connectivity index (χ1n) is 5.77. The number of benzene rings is 1. The highest BCUT2D eigenvalue weighted by atomic mass is 16.5. The Morgan fingerprint density at radius 1 is 1.32 bits per heavy atom. The van der Waals surface area contributed by atoms with Gasteiger partial charge in [0.25, 0.3) is 0 Å². The monoisotopic (exact) mass is 262 g/mol. The third-order valence-electron chi connectivity index (χ3n) is 3.22. The standard InChI is InChI=1S/C14H14O5/c1-7-9-4-5-11(15)8(2)13(9)19-14(17)10(7)6-12(16)18-3/h4-5,15H,6H2,1-3H3. The number of carbonyl (C=O) groups excluding carboxylic acids is 1. The summed E-state index contributed by atoms with van der Waals surface area (Å²) in [5.41, 5.74) is 1.21. The fourth-order valence-corrected chi connectivity index (χ4v) is 2.00. The van der Waals surface area contributed by atoms with Crippen molar-refractivity contribution in [2.24, 2.45) is 0 Å². The maximum Gasteiger partial charge on any atom is 0.340 e. The van der Waals surface area contributed by atoms with E-state index in [1.54, 1.807) is 19.9 Å². The maximum atomic E-state index is 11.9. The van der Waals surface area contributed by atoms with Crippen molar-refractivity contribution in [3.63, 3.8) is 0 Å². The minimum absolute atomic E-state index is 0.0655. The largest absolute Gasteiger partial charge is 0.508 e. The number of esters is 1. The Hall–Kier alpha value is -2.30. The molecule has 2 rings (SSSR count). The molecule has 0 aliphatic rings. The number of hydrogen-bond acceptors (Lipinski definition) is 5. The Morgan fingerprint density at radius 2 is 2.00 bits per heavy atom. The molecule has 0 bridgehead atoms. The topological polar surface area (TPSA) is 76.7 Å². The first-order valence-corrected chi connectivity index (χ1v) is 5.77. The quantitative estimate of drug-likeness (QED) is 0.660. The summed E-state index contributed by atoms with van der Waals surface area (Å²) in [6.07, 6.45) is -0.124. The minimum atomic E-state index is -0.580. The molecule has 0 atom stereocenters. The van der Waals surface area contributed by atoms with Gasteiger partial charge < -0.3 is 14.3 Å². The van der Waals surface area contributed by atoms with Crippen LogP contribution in [0.2, 0.25) is 0 Å². The molecule has 0 spiro atoms. The molecule has 5 heteroatoms. The summed E-state index contributed by atoms with van der Waals surface area (Å²) in [6, 6.07) is 3.20. The molecule has 0 fully saturated rings. The second-order valence-corrected chi connectivity index (χ2v) is 4.33. The highest BCUT2D eigenvalue weighted by Crippen LogP contribution is 2.28. The molecule has 0 radical (unpaired) electrons. The second kappa shape index (κ2) is 4.76. The molecule has 0 aliphatic carbocycles. The molecule has 1 aromatic carbocycles. The van der Waals surface area contributed by atoms with Crippen LogP contribution >= 0.6 is 0 Å². The molecule has 0 amide bonds. The van der Waals surface area contributed by atoms with Crippen molar-refractivity contribution < 1.29 is 19.1 Å². The third kappa shape index (κ3) is 2.19. The predicted octanol–water partition coefficient (Wildman–Crippen LogP) is 1.83. The van der Waals surface area contributed by atoms with Gasteiger partial charge in [-0.1, -0.05) is 0 Å². The van der Waals surface area contributed by atoms with Gasteiger partial charge in [0.1, 0.15) is 11.3 Å². The maximum absolute atomic E-state index is 11.9. The van der Waals surface area contributed by atoms with Gasteiger partial charge in [0.05, 0.1) is 19.1 Å². The van der Waals surface area contributed by atoms with Crippen LogP contribution in [0.5, 0.6) is 5.75 Å². The van der Waals surface area contributed by atoms with Crippen LogP contribution < -0.4 is 5.63 Å². The molecule has 5 nitrogen and oxygen atoms in total. The Labute approximate surface area is 109 Å². The Balaban J connectivity index is 2.73. The molecule has 19 heavy (non-hydrogen) atoms. The third-order valence-corrected chi connectivity index (χ3v) is 3.22. The van der Waals surface area contributed by atoms with Gasteiger partial charge in [0, 0.05) is 10.9 Å². The van der Waals surface area contributed by atoms with Gasteiger partial charge >= 0.3 is 11.6 Å². The first kappa shape index (κ1) is 13.1. The smallest absolute Gasteiger partial charge is 0.340 e. The molecule has 0 saturated heterocycles. The number of fused-ring (bicyclic) bond motifs is 1. The number of aromatic hydroxyl groups is 1. The summed E-state index contributed by atoms with van der Waals surface area (Å²) in [5, 5.41) is 10.3. The first-order chi connectivity index (χ1) is 8.95. The van der Waals surface area contributed by atoms with E-state index in [2.05, 4.69) is 4.74 Å². The van der Waals surface area contributed by atoms with Crippen molar-refractivity contribution in [2.75, 3.05) is 7.11 Å². The van der Waals surface area contributed by atoms with Crippen molar-refractivity contribution in [1.29, 1.82) is 0 Å². The number of hydrogen-bond donors (Lipinski definition) is 1. The normalized spacial score (nSPS) is 10.7. The lowest BCUT2D eigenvalue weighted by atomic mass is 10.0. The Morgan fingerprint density at radius 3 is 2.63 bits per heavy atom. The van der Waals surface area contributed by atoms with Crippen LogP contribution in [0.15, 0.2) is 21.3 Å². The average Bonchev–Trinajstić information content (AvgIpc) is 2.39. The second-order valence-electron chi connectivity index (χ2n) is 4.33. The van der Waals surface area contributed by atoms with E-state index in [1.165, 1.54) is 13.2 Å². The summed E-state index contributed by atoms with van der Waals surface area (Å²) in [6.45, 7) is 3.41. The van der Waals surface area contributed by atoms with Gasteiger partial charge in [-0.05, 0) is 31.5 Å². The minimum Gasteiger partial charge on any atom is -0.508 e. The fourth-order valence-electron chi connectivity index (χ4n) is 2.00. The zero-order valence-corrected chi connectivity index (χ0v) is 10.9. The molecule has 100 valence electrons. The van der Waals surface area contributed by atoms with Gasteiger partial charge in [-0.25, -0.2) is 4.79 Å². The van der Waals surface area contributed by atoms with Gasteiger partial charge in [-0.2, -0.15) is 0 Å². The highest BCUT2D eigenvalue weighted by molar-refractivity contribution is 5.86. The van der Waals surface area contributed by atoms with E-state index in [0.717, 1.165) is 0 Å². The number of phenols is 1. The van der Waals surface area contributed by atoms with Crippen molar-refractivity contribution in [3.8, 4) is 5.75 Å². The lowest BCUT2D eigenvalue weighted by Gasteiger charge is -2.09. The van der Waals surface area contributed by atoms with E-state index in [9.17, 15) is 14.7 Å². The van der Waals surface area contributed by atoms with E-state index in [-0.39, 0.29) is 17.7 Å². The molecule has 0 aliphatic heterocycles. The Kier molecular flexibility index (Phi) is 3.29. The number of methoxy groups -OCH3 is 1. The van der Waals surface area contributed by atoms with Gasteiger partial charge in [-0.15, -0.1) is 0 Å². The number of ether oxygens (including phenoxy) is 1. The van der Waals surface area contributed by atoms with E-state index in [0.29, 0.717) is 22.1 Å². The summed E-state index contributed by atoms with van der Waals surface area (Å²) in [4.78, 5) is 23.2. The SMILES string of the molecule is COC(=O)Cc1c(C)c2ccc(O)c(C)c2oc1=O. The van der Waals surface area contributed by atoms with Gasteiger partial charge in [-0.3, -0.25) is 4.79 Å². The van der Waals surface area contributed by atoms with Crippen LogP contribution in [-0.2, 0) is 16.0 Å². The number of aryl methyl sites for hydroxylation is 2. The predicted molar refractivity (Wildman–Crippen MR) is 69.3 cm³/mol. The van der Waals surface area contributed by atoms with Crippen LogP contribution in [0.4, 0.5) is 0 Å². The molecule has 1 heterocycles. The van der Waals surface area contributed by atoms with Gasteiger partial charge in [0.2, 0.25) is 0 Å². The van der Waals surface area contributed by atoms with Crippen LogP contribution in [0, 0.1) is 13.8 Å².